The van der Waals surface area contributed by atoms with Gasteiger partial charge in [0.2, 0.25) is 5.91 Å². The summed E-state index contributed by atoms with van der Waals surface area (Å²) in [6.45, 7) is 3.72. The summed E-state index contributed by atoms with van der Waals surface area (Å²) in [4.78, 5) is 33.8. The van der Waals surface area contributed by atoms with Crippen LogP contribution >= 0.6 is 0 Å². The van der Waals surface area contributed by atoms with Gasteiger partial charge in [-0.2, -0.15) is 0 Å². The summed E-state index contributed by atoms with van der Waals surface area (Å²) in [7, 11) is 0. The third kappa shape index (κ3) is 6.60. The van der Waals surface area contributed by atoms with Crippen molar-refractivity contribution < 1.29 is 23.9 Å². The van der Waals surface area contributed by atoms with E-state index in [2.05, 4.69) is 10.6 Å². The lowest BCUT2D eigenvalue weighted by Crippen LogP contribution is -2.44. The zero-order valence-corrected chi connectivity index (χ0v) is 12.1. The van der Waals surface area contributed by atoms with E-state index >= 15 is 0 Å². The Balaban J connectivity index is 2.27. The van der Waals surface area contributed by atoms with E-state index in [0.717, 1.165) is 0 Å². The molecule has 0 saturated carbocycles. The number of hydrogen-bond acceptors (Lipinski definition) is 4. The van der Waals surface area contributed by atoms with Gasteiger partial charge >= 0.3 is 5.97 Å². The average molecular weight is 296 g/mol. The van der Waals surface area contributed by atoms with Crippen LogP contribution in [0.2, 0.25) is 0 Å². The van der Waals surface area contributed by atoms with Crippen molar-refractivity contribution in [1.29, 1.82) is 0 Å². The van der Waals surface area contributed by atoms with Gasteiger partial charge in [0.15, 0.2) is 0 Å². The van der Waals surface area contributed by atoms with Crippen molar-refractivity contribution in [2.24, 2.45) is 0 Å². The number of aliphatic carboxylic acids is 1. The second-order valence-electron chi connectivity index (χ2n) is 5.34. The number of carboxylic acids is 1. The van der Waals surface area contributed by atoms with E-state index in [1.807, 2.05) is 0 Å². The molecule has 116 valence electrons. The minimum Gasteiger partial charge on any atom is -0.481 e. The smallest absolute Gasteiger partial charge is 0.303 e. The highest BCUT2D eigenvalue weighted by Gasteiger charge is 2.21. The molecule has 0 aliphatic heterocycles. The van der Waals surface area contributed by atoms with Crippen molar-refractivity contribution in [2.75, 3.05) is 6.54 Å². The van der Waals surface area contributed by atoms with Gasteiger partial charge in [0.1, 0.15) is 6.26 Å². The van der Waals surface area contributed by atoms with Crippen LogP contribution in [-0.2, 0) is 9.59 Å². The lowest BCUT2D eigenvalue weighted by atomic mass is 9.98. The van der Waals surface area contributed by atoms with E-state index in [1.165, 1.54) is 18.6 Å². The van der Waals surface area contributed by atoms with Crippen LogP contribution in [0.4, 0.5) is 0 Å². The first-order chi connectivity index (χ1) is 9.80. The second-order valence-corrected chi connectivity index (χ2v) is 5.34. The molecule has 2 amide bonds. The quantitative estimate of drug-likeness (QED) is 0.667. The molecule has 0 atom stereocenters. The molecular weight excluding hydrogens is 276 g/mol. The maximum atomic E-state index is 11.7. The Bertz CT molecular complexity index is 493. The molecule has 0 bridgehead atoms. The number of nitrogens with one attached hydrogen (secondary N) is 2. The van der Waals surface area contributed by atoms with Crippen LogP contribution in [0.25, 0.3) is 0 Å². The summed E-state index contributed by atoms with van der Waals surface area (Å²) in [5, 5.41) is 14.0. The predicted octanol–water partition coefficient (Wildman–Crippen LogP) is 1.16. The van der Waals surface area contributed by atoms with Gasteiger partial charge in [-0.1, -0.05) is 0 Å². The van der Waals surface area contributed by atoms with Crippen LogP contribution < -0.4 is 10.6 Å². The molecule has 7 heteroatoms. The van der Waals surface area contributed by atoms with Crippen molar-refractivity contribution in [3.05, 3.63) is 24.2 Å². The average Bonchev–Trinajstić information content (AvgIpc) is 2.89. The van der Waals surface area contributed by atoms with Crippen molar-refractivity contribution in [3.63, 3.8) is 0 Å². The summed E-state index contributed by atoms with van der Waals surface area (Å²) >= 11 is 0. The Labute approximate surface area is 122 Å². The largest absolute Gasteiger partial charge is 0.481 e. The molecule has 0 aliphatic carbocycles. The zero-order chi connectivity index (χ0) is 15.9. The topological polar surface area (TPSA) is 109 Å². The molecule has 7 nitrogen and oxygen atoms in total. The Morgan fingerprint density at radius 1 is 1.29 bits per heavy atom. The molecular formula is C14H20N2O5. The first-order valence-corrected chi connectivity index (χ1v) is 6.63. The summed E-state index contributed by atoms with van der Waals surface area (Å²) in [6.07, 6.45) is 3.18. The predicted molar refractivity (Wildman–Crippen MR) is 74.7 cm³/mol. The zero-order valence-electron chi connectivity index (χ0n) is 12.1. The highest BCUT2D eigenvalue weighted by atomic mass is 16.4. The lowest BCUT2D eigenvalue weighted by Gasteiger charge is -2.25. The Morgan fingerprint density at radius 3 is 2.57 bits per heavy atom. The van der Waals surface area contributed by atoms with Crippen molar-refractivity contribution >= 4 is 17.8 Å². The number of carbonyl (C=O) groups is 3. The normalized spacial score (nSPS) is 11.0. The highest BCUT2D eigenvalue weighted by molar-refractivity contribution is 5.94. The number of carboxylic acid groups (broad SMARTS) is 1. The summed E-state index contributed by atoms with van der Waals surface area (Å²) in [5.41, 5.74) is -0.193. The van der Waals surface area contributed by atoms with E-state index in [1.54, 1.807) is 13.8 Å². The minimum atomic E-state index is -0.898. The van der Waals surface area contributed by atoms with E-state index in [0.29, 0.717) is 12.0 Å². The Hall–Kier alpha value is -2.31. The van der Waals surface area contributed by atoms with Gasteiger partial charge in [-0.05, 0) is 26.3 Å². The van der Waals surface area contributed by atoms with Crippen LogP contribution in [0.3, 0.4) is 0 Å². The second kappa shape index (κ2) is 7.47. The van der Waals surface area contributed by atoms with Crippen LogP contribution in [-0.4, -0.2) is 35.0 Å². The van der Waals surface area contributed by atoms with Gasteiger partial charge in [-0.15, -0.1) is 0 Å². The molecule has 0 radical (unpaired) electrons. The van der Waals surface area contributed by atoms with Gasteiger partial charge in [-0.25, -0.2) is 0 Å². The molecule has 0 unspecified atom stereocenters. The minimum absolute atomic E-state index is 0.00942. The van der Waals surface area contributed by atoms with Crippen LogP contribution in [0.5, 0.6) is 0 Å². The van der Waals surface area contributed by atoms with E-state index < -0.39 is 11.5 Å². The first-order valence-electron chi connectivity index (χ1n) is 6.63. The van der Waals surface area contributed by atoms with Crippen molar-refractivity contribution in [3.8, 4) is 0 Å². The molecule has 0 aromatic carbocycles. The molecule has 1 aromatic heterocycles. The van der Waals surface area contributed by atoms with Gasteiger partial charge in [0.05, 0.1) is 11.8 Å². The molecule has 21 heavy (non-hydrogen) atoms. The number of amides is 2. The molecule has 3 N–H and O–H groups in total. The number of rotatable bonds is 8. The third-order valence-electron chi connectivity index (χ3n) is 2.86. The summed E-state index contributed by atoms with van der Waals surface area (Å²) in [6, 6.07) is 1.53. The molecule has 1 rings (SSSR count). The summed E-state index contributed by atoms with van der Waals surface area (Å²) < 4.78 is 4.79. The highest BCUT2D eigenvalue weighted by Crippen LogP contribution is 2.11. The van der Waals surface area contributed by atoms with Crippen LogP contribution in [0.1, 0.15) is 43.5 Å². The van der Waals surface area contributed by atoms with E-state index in [9.17, 15) is 14.4 Å². The van der Waals surface area contributed by atoms with Crippen LogP contribution in [0.15, 0.2) is 23.0 Å². The molecule has 1 aromatic rings. The van der Waals surface area contributed by atoms with E-state index in [4.69, 9.17) is 9.52 Å². The maximum Gasteiger partial charge on any atom is 0.303 e. The Morgan fingerprint density at radius 2 is 2.00 bits per heavy atom. The molecule has 0 spiro atoms. The fourth-order valence-corrected chi connectivity index (χ4v) is 1.71. The Kier molecular flexibility index (Phi) is 5.95. The fourth-order valence-electron chi connectivity index (χ4n) is 1.71. The van der Waals surface area contributed by atoms with Crippen molar-refractivity contribution in [1.82, 2.24) is 10.6 Å². The van der Waals surface area contributed by atoms with Gasteiger partial charge in [0.25, 0.3) is 5.91 Å². The first kappa shape index (κ1) is 16.7. The number of carbonyl (C=O) groups excluding carboxylic acids is 2. The standard InChI is InChI=1S/C14H20N2O5/c1-14(2,6-3-12(18)19)16-11(17)4-7-15-13(20)10-5-8-21-9-10/h5,8-9H,3-4,6-7H2,1-2H3,(H,15,20)(H,16,17)(H,18,19). The van der Waals surface area contributed by atoms with Gasteiger partial charge < -0.3 is 20.2 Å². The van der Waals surface area contributed by atoms with Gasteiger partial charge in [0, 0.05) is 24.9 Å². The molecule has 0 saturated heterocycles. The molecule has 0 fully saturated rings. The monoisotopic (exact) mass is 296 g/mol. The number of furan rings is 1. The molecule has 1 heterocycles. The van der Waals surface area contributed by atoms with Crippen molar-refractivity contribution in [2.45, 2.75) is 38.6 Å². The van der Waals surface area contributed by atoms with Crippen LogP contribution in [0, 0.1) is 0 Å². The number of hydrogen-bond donors (Lipinski definition) is 3. The third-order valence-corrected chi connectivity index (χ3v) is 2.86. The fraction of sp³-hybridized carbons (Fsp3) is 0.500. The van der Waals surface area contributed by atoms with Gasteiger partial charge in [-0.3, -0.25) is 14.4 Å². The lowest BCUT2D eigenvalue weighted by molar-refractivity contribution is -0.137. The summed E-state index contributed by atoms with van der Waals surface area (Å²) in [5.74, 6) is -1.44. The maximum absolute atomic E-state index is 11.7. The molecule has 0 aliphatic rings. The SMILES string of the molecule is CC(C)(CCC(=O)O)NC(=O)CCNC(=O)c1ccoc1. The van der Waals surface area contributed by atoms with E-state index in [-0.39, 0.29) is 31.2 Å².